The van der Waals surface area contributed by atoms with Gasteiger partial charge in [-0.25, -0.2) is 9.48 Å². The first kappa shape index (κ1) is 6.73. The second-order valence-electron chi connectivity index (χ2n) is 1.95. The van der Waals surface area contributed by atoms with Crippen LogP contribution in [0.1, 0.15) is 16.2 Å². The highest BCUT2D eigenvalue weighted by atomic mass is 16.4. The average molecular weight is 141 g/mol. The maximum absolute atomic E-state index is 10.4. The van der Waals surface area contributed by atoms with Crippen molar-refractivity contribution in [3.8, 4) is 0 Å². The van der Waals surface area contributed by atoms with E-state index in [9.17, 15) is 4.79 Å². The van der Waals surface area contributed by atoms with E-state index < -0.39 is 5.97 Å². The molecule has 0 saturated carbocycles. The molecule has 10 heavy (non-hydrogen) atoms. The van der Waals surface area contributed by atoms with Crippen molar-refractivity contribution in [2.24, 2.45) is 7.05 Å². The molecular formula is C5H7N3O2. The average Bonchev–Trinajstić information content (AvgIpc) is 2.11. The van der Waals surface area contributed by atoms with Crippen LogP contribution >= 0.6 is 0 Å². The van der Waals surface area contributed by atoms with Gasteiger partial charge in [-0.2, -0.15) is 0 Å². The molecule has 0 aliphatic heterocycles. The fourth-order valence-electron chi connectivity index (χ4n) is 0.754. The number of nitrogens with zero attached hydrogens (tertiary/aromatic N) is 3. The highest BCUT2D eigenvalue weighted by Crippen LogP contribution is 2.00. The minimum absolute atomic E-state index is 0.139. The summed E-state index contributed by atoms with van der Waals surface area (Å²) in [6.07, 6.45) is 0. The van der Waals surface area contributed by atoms with E-state index in [1.807, 2.05) is 0 Å². The van der Waals surface area contributed by atoms with Crippen LogP contribution in [-0.4, -0.2) is 26.1 Å². The van der Waals surface area contributed by atoms with Crippen LogP contribution in [0.25, 0.3) is 0 Å². The van der Waals surface area contributed by atoms with Crippen LogP contribution in [0.4, 0.5) is 0 Å². The molecule has 0 aliphatic carbocycles. The van der Waals surface area contributed by atoms with Gasteiger partial charge in [0.1, 0.15) is 0 Å². The standard InChI is InChI=1S/C5H7N3O2/c1-3-4(5(9)10)8(2)7-6-3/h1-2H3,(H,9,10). The number of carbonyl (C=O) groups is 1. The zero-order valence-electron chi connectivity index (χ0n) is 5.70. The van der Waals surface area contributed by atoms with Gasteiger partial charge in [-0.1, -0.05) is 5.21 Å². The van der Waals surface area contributed by atoms with Crippen LogP contribution in [-0.2, 0) is 7.05 Å². The van der Waals surface area contributed by atoms with E-state index in [1.165, 1.54) is 4.68 Å². The fourth-order valence-corrected chi connectivity index (χ4v) is 0.754. The number of aromatic nitrogens is 3. The maximum Gasteiger partial charge on any atom is 0.356 e. The molecule has 0 spiro atoms. The molecule has 0 aromatic carbocycles. The Morgan fingerprint density at radius 3 is 2.50 bits per heavy atom. The Morgan fingerprint density at radius 2 is 2.30 bits per heavy atom. The van der Waals surface area contributed by atoms with Crippen molar-refractivity contribution in [2.75, 3.05) is 0 Å². The lowest BCUT2D eigenvalue weighted by molar-refractivity contribution is 0.0684. The molecule has 5 nitrogen and oxygen atoms in total. The molecule has 1 aromatic heterocycles. The summed E-state index contributed by atoms with van der Waals surface area (Å²) in [5.41, 5.74) is 0.579. The van der Waals surface area contributed by atoms with Gasteiger partial charge in [-0.05, 0) is 6.92 Å². The number of rotatable bonds is 1. The molecule has 0 unspecified atom stereocenters. The number of carboxylic acids is 1. The first-order chi connectivity index (χ1) is 4.63. The molecule has 0 amide bonds. The van der Waals surface area contributed by atoms with E-state index >= 15 is 0 Å². The van der Waals surface area contributed by atoms with Crippen molar-refractivity contribution in [1.82, 2.24) is 15.0 Å². The Kier molecular flexibility index (Phi) is 1.41. The van der Waals surface area contributed by atoms with E-state index in [-0.39, 0.29) is 5.69 Å². The Morgan fingerprint density at radius 1 is 1.70 bits per heavy atom. The molecule has 0 saturated heterocycles. The Hall–Kier alpha value is -1.39. The van der Waals surface area contributed by atoms with Crippen molar-refractivity contribution in [3.05, 3.63) is 11.4 Å². The van der Waals surface area contributed by atoms with Crippen molar-refractivity contribution in [3.63, 3.8) is 0 Å². The summed E-state index contributed by atoms with van der Waals surface area (Å²) < 4.78 is 1.23. The van der Waals surface area contributed by atoms with Gasteiger partial charge in [0.2, 0.25) is 0 Å². The van der Waals surface area contributed by atoms with Gasteiger partial charge in [-0.15, -0.1) is 5.10 Å². The molecule has 0 atom stereocenters. The fraction of sp³-hybridized carbons (Fsp3) is 0.400. The first-order valence-electron chi connectivity index (χ1n) is 2.72. The smallest absolute Gasteiger partial charge is 0.356 e. The molecule has 0 bridgehead atoms. The summed E-state index contributed by atoms with van der Waals surface area (Å²) in [6, 6.07) is 0. The number of hydrogen-bond acceptors (Lipinski definition) is 3. The minimum Gasteiger partial charge on any atom is -0.476 e. The molecule has 54 valence electrons. The molecule has 0 aliphatic rings. The van der Waals surface area contributed by atoms with Crippen LogP contribution in [0.5, 0.6) is 0 Å². The van der Waals surface area contributed by atoms with Crippen LogP contribution in [0.15, 0.2) is 0 Å². The summed E-state index contributed by atoms with van der Waals surface area (Å²) in [5, 5.41) is 15.6. The quantitative estimate of drug-likeness (QED) is 0.589. The number of aryl methyl sites for hydroxylation is 2. The van der Waals surface area contributed by atoms with E-state index in [4.69, 9.17) is 5.11 Å². The van der Waals surface area contributed by atoms with Crippen molar-refractivity contribution in [1.29, 1.82) is 0 Å². The van der Waals surface area contributed by atoms with E-state index in [1.54, 1.807) is 14.0 Å². The molecule has 1 N–H and O–H groups in total. The molecule has 1 aromatic rings. The lowest BCUT2D eigenvalue weighted by Gasteiger charge is -1.91. The summed E-state index contributed by atoms with van der Waals surface area (Å²) >= 11 is 0. The molecule has 1 heterocycles. The largest absolute Gasteiger partial charge is 0.476 e. The van der Waals surface area contributed by atoms with Crippen molar-refractivity contribution >= 4 is 5.97 Å². The van der Waals surface area contributed by atoms with Crippen LogP contribution in [0.2, 0.25) is 0 Å². The highest BCUT2D eigenvalue weighted by Gasteiger charge is 2.12. The van der Waals surface area contributed by atoms with Crippen LogP contribution in [0.3, 0.4) is 0 Å². The summed E-state index contributed by atoms with van der Waals surface area (Å²) in [6.45, 7) is 1.61. The topological polar surface area (TPSA) is 68.0 Å². The zero-order chi connectivity index (χ0) is 7.72. The highest BCUT2D eigenvalue weighted by molar-refractivity contribution is 5.86. The van der Waals surface area contributed by atoms with Crippen molar-refractivity contribution < 1.29 is 9.90 Å². The van der Waals surface area contributed by atoms with Gasteiger partial charge >= 0.3 is 5.97 Å². The molecule has 1 rings (SSSR count). The SMILES string of the molecule is Cc1nnn(C)c1C(=O)O. The monoisotopic (exact) mass is 141 g/mol. The second kappa shape index (κ2) is 2.09. The molecule has 0 radical (unpaired) electrons. The van der Waals surface area contributed by atoms with Gasteiger partial charge in [0, 0.05) is 7.05 Å². The van der Waals surface area contributed by atoms with E-state index in [0.717, 1.165) is 0 Å². The predicted octanol–water partition coefficient (Wildman–Crippen LogP) is -0.178. The lowest BCUT2D eigenvalue weighted by atomic mass is 10.3. The third kappa shape index (κ3) is 0.854. The Balaban J connectivity index is 3.23. The third-order valence-electron chi connectivity index (χ3n) is 1.20. The maximum atomic E-state index is 10.4. The Bertz CT molecular complexity index is 246. The predicted molar refractivity (Wildman–Crippen MR) is 32.7 cm³/mol. The third-order valence-corrected chi connectivity index (χ3v) is 1.20. The van der Waals surface area contributed by atoms with Crippen LogP contribution in [0, 0.1) is 6.92 Å². The second-order valence-corrected chi connectivity index (χ2v) is 1.95. The lowest BCUT2D eigenvalue weighted by Crippen LogP contribution is -2.06. The summed E-state index contributed by atoms with van der Waals surface area (Å²) in [7, 11) is 1.55. The molecule has 5 heteroatoms. The van der Waals surface area contributed by atoms with Gasteiger partial charge in [-0.3, -0.25) is 0 Å². The Labute approximate surface area is 57.3 Å². The van der Waals surface area contributed by atoms with Gasteiger partial charge in [0.15, 0.2) is 5.69 Å². The number of aromatic carboxylic acids is 1. The minimum atomic E-state index is -0.995. The van der Waals surface area contributed by atoms with Gasteiger partial charge in [0.25, 0.3) is 0 Å². The number of carboxylic acid groups (broad SMARTS) is 1. The summed E-state index contributed by atoms with van der Waals surface area (Å²) in [4.78, 5) is 10.4. The van der Waals surface area contributed by atoms with Crippen LogP contribution < -0.4 is 0 Å². The number of hydrogen-bond donors (Lipinski definition) is 1. The normalized spacial score (nSPS) is 9.80. The first-order valence-corrected chi connectivity index (χ1v) is 2.72. The summed E-state index contributed by atoms with van der Waals surface area (Å²) in [5.74, 6) is -0.995. The van der Waals surface area contributed by atoms with Gasteiger partial charge in [0.05, 0.1) is 5.69 Å². The molecular weight excluding hydrogens is 134 g/mol. The zero-order valence-corrected chi connectivity index (χ0v) is 5.70. The molecule has 0 fully saturated rings. The van der Waals surface area contributed by atoms with Gasteiger partial charge < -0.3 is 5.11 Å². The van der Waals surface area contributed by atoms with Crippen molar-refractivity contribution in [2.45, 2.75) is 6.92 Å². The van der Waals surface area contributed by atoms with E-state index in [2.05, 4.69) is 10.3 Å². The van der Waals surface area contributed by atoms with E-state index in [0.29, 0.717) is 5.69 Å².